The number of nitrogen functional groups attached to an aromatic ring is 1. The monoisotopic (exact) mass is 293 g/mol. The van der Waals surface area contributed by atoms with E-state index in [1.165, 1.54) is 18.3 Å². The van der Waals surface area contributed by atoms with Crippen molar-refractivity contribution in [2.45, 2.75) is 4.90 Å². The van der Waals surface area contributed by atoms with Crippen molar-refractivity contribution in [1.82, 2.24) is 4.98 Å². The lowest BCUT2D eigenvalue weighted by Crippen LogP contribution is -2.13. The maximum absolute atomic E-state index is 12.1. The molecule has 0 saturated carbocycles. The lowest BCUT2D eigenvalue weighted by molar-refractivity contribution is 0.174. The molecule has 1 aromatic carbocycles. The van der Waals surface area contributed by atoms with Crippen molar-refractivity contribution in [2.24, 2.45) is 0 Å². The van der Waals surface area contributed by atoms with Crippen LogP contribution in [-0.4, -0.2) is 20.2 Å². The second-order valence-electron chi connectivity index (χ2n) is 4.09. The molecular weight excluding hydrogens is 282 g/mol. The molecule has 0 unspecified atom stereocenters. The van der Waals surface area contributed by atoms with Gasteiger partial charge in [0.15, 0.2) is 11.5 Å². The van der Waals surface area contributed by atoms with Gasteiger partial charge in [0.05, 0.1) is 5.69 Å². The molecule has 1 aliphatic rings. The molecule has 8 heteroatoms. The Bertz CT molecular complexity index is 744. The van der Waals surface area contributed by atoms with E-state index in [2.05, 4.69) is 9.71 Å². The highest BCUT2D eigenvalue weighted by Crippen LogP contribution is 2.34. The minimum atomic E-state index is -3.71. The van der Waals surface area contributed by atoms with Crippen molar-refractivity contribution < 1.29 is 17.9 Å². The van der Waals surface area contributed by atoms with Crippen LogP contribution in [0, 0.1) is 0 Å². The molecule has 2 aromatic rings. The van der Waals surface area contributed by atoms with Gasteiger partial charge in [-0.3, -0.25) is 4.72 Å². The van der Waals surface area contributed by atoms with Gasteiger partial charge >= 0.3 is 0 Å². The number of nitrogens with one attached hydrogen (secondary N) is 1. The molecule has 1 aliphatic heterocycles. The Kier molecular flexibility index (Phi) is 2.87. The Labute approximate surface area is 115 Å². The van der Waals surface area contributed by atoms with Gasteiger partial charge in [-0.15, -0.1) is 0 Å². The number of aromatic nitrogens is 1. The molecule has 0 saturated heterocycles. The van der Waals surface area contributed by atoms with Crippen LogP contribution < -0.4 is 19.9 Å². The fourth-order valence-corrected chi connectivity index (χ4v) is 2.72. The number of benzene rings is 1. The Morgan fingerprint density at radius 1 is 1.15 bits per heavy atom. The van der Waals surface area contributed by atoms with Gasteiger partial charge < -0.3 is 15.2 Å². The quantitative estimate of drug-likeness (QED) is 0.881. The predicted molar refractivity (Wildman–Crippen MR) is 72.0 cm³/mol. The van der Waals surface area contributed by atoms with Gasteiger partial charge in [0.25, 0.3) is 10.0 Å². The summed E-state index contributed by atoms with van der Waals surface area (Å²) in [6, 6.07) is 7.60. The van der Waals surface area contributed by atoms with Gasteiger partial charge in [-0.25, -0.2) is 13.4 Å². The fraction of sp³-hybridized carbons (Fsp3) is 0.0833. The summed E-state index contributed by atoms with van der Waals surface area (Å²) in [6.07, 6.45) is 1.20. The van der Waals surface area contributed by atoms with Crippen LogP contribution in [-0.2, 0) is 10.0 Å². The van der Waals surface area contributed by atoms with Crippen molar-refractivity contribution in [3.05, 3.63) is 36.5 Å². The summed E-state index contributed by atoms with van der Waals surface area (Å²) < 4.78 is 37.1. The zero-order valence-electron chi connectivity index (χ0n) is 10.2. The van der Waals surface area contributed by atoms with E-state index in [-0.39, 0.29) is 17.5 Å². The second-order valence-corrected chi connectivity index (χ2v) is 5.77. The number of rotatable bonds is 3. The van der Waals surface area contributed by atoms with Crippen LogP contribution in [0.4, 0.5) is 11.5 Å². The molecule has 0 fully saturated rings. The molecule has 104 valence electrons. The molecule has 0 spiro atoms. The highest BCUT2D eigenvalue weighted by Gasteiger charge is 2.18. The van der Waals surface area contributed by atoms with E-state index >= 15 is 0 Å². The first-order valence-electron chi connectivity index (χ1n) is 5.69. The highest BCUT2D eigenvalue weighted by molar-refractivity contribution is 7.92. The van der Waals surface area contributed by atoms with Crippen LogP contribution in [0.5, 0.6) is 11.5 Å². The maximum Gasteiger partial charge on any atom is 0.263 e. The van der Waals surface area contributed by atoms with Crippen LogP contribution in [0.2, 0.25) is 0 Å². The van der Waals surface area contributed by atoms with E-state index < -0.39 is 10.0 Å². The van der Waals surface area contributed by atoms with E-state index in [1.54, 1.807) is 18.2 Å². The summed E-state index contributed by atoms with van der Waals surface area (Å²) in [4.78, 5) is 3.79. The van der Waals surface area contributed by atoms with Crippen LogP contribution in [0.25, 0.3) is 0 Å². The topological polar surface area (TPSA) is 104 Å². The van der Waals surface area contributed by atoms with Gasteiger partial charge in [0, 0.05) is 12.3 Å². The van der Waals surface area contributed by atoms with Gasteiger partial charge in [0.2, 0.25) is 6.79 Å². The van der Waals surface area contributed by atoms with Crippen LogP contribution in [0.15, 0.2) is 41.4 Å². The first kappa shape index (κ1) is 12.5. The second kappa shape index (κ2) is 4.57. The van der Waals surface area contributed by atoms with E-state index in [4.69, 9.17) is 15.2 Å². The van der Waals surface area contributed by atoms with Crippen LogP contribution in [0.1, 0.15) is 0 Å². The summed E-state index contributed by atoms with van der Waals surface area (Å²) in [5.74, 6) is 1.34. The number of nitrogens with two attached hydrogens (primary N) is 1. The zero-order chi connectivity index (χ0) is 14.2. The summed E-state index contributed by atoms with van der Waals surface area (Å²) in [6.45, 7) is 0.132. The number of ether oxygens (including phenoxy) is 2. The molecule has 20 heavy (non-hydrogen) atoms. The number of hydrogen-bond donors (Lipinski definition) is 2. The number of anilines is 2. The fourth-order valence-electron chi connectivity index (χ4n) is 1.72. The normalized spacial score (nSPS) is 13.2. The largest absolute Gasteiger partial charge is 0.454 e. The van der Waals surface area contributed by atoms with E-state index in [1.807, 2.05) is 0 Å². The Balaban J connectivity index is 1.88. The third-order valence-electron chi connectivity index (χ3n) is 2.69. The van der Waals surface area contributed by atoms with E-state index in [0.717, 1.165) is 0 Å². The molecule has 3 N–H and O–H groups in total. The molecule has 0 atom stereocenters. The average Bonchev–Trinajstić information content (AvgIpc) is 2.86. The van der Waals surface area contributed by atoms with Crippen molar-refractivity contribution >= 4 is 21.5 Å². The van der Waals surface area contributed by atoms with Gasteiger partial charge in [-0.05, 0) is 24.3 Å². The van der Waals surface area contributed by atoms with Crippen LogP contribution in [0.3, 0.4) is 0 Å². The molecule has 2 heterocycles. The number of nitrogens with zero attached hydrogens (tertiary/aromatic N) is 1. The van der Waals surface area contributed by atoms with E-state index in [0.29, 0.717) is 17.2 Å². The third kappa shape index (κ3) is 2.32. The molecule has 0 bridgehead atoms. The zero-order valence-corrected chi connectivity index (χ0v) is 11.1. The summed E-state index contributed by atoms with van der Waals surface area (Å²) >= 11 is 0. The average molecular weight is 293 g/mol. The first-order valence-corrected chi connectivity index (χ1v) is 7.17. The summed E-state index contributed by atoms with van der Waals surface area (Å²) in [5, 5.41) is 0. The number of sulfonamides is 1. The molecule has 0 amide bonds. The number of fused-ring (bicyclic) bond motifs is 1. The minimum Gasteiger partial charge on any atom is -0.454 e. The van der Waals surface area contributed by atoms with Crippen molar-refractivity contribution in [2.75, 3.05) is 17.2 Å². The maximum atomic E-state index is 12.1. The SMILES string of the molecule is Nc1ccc(S(=O)(=O)Nc2ccc3c(c2)OCO3)cn1. The molecule has 0 aliphatic carbocycles. The van der Waals surface area contributed by atoms with Crippen molar-refractivity contribution in [3.8, 4) is 11.5 Å². The van der Waals surface area contributed by atoms with Gasteiger partial charge in [-0.2, -0.15) is 0 Å². The lowest BCUT2D eigenvalue weighted by Gasteiger charge is -2.08. The van der Waals surface area contributed by atoms with Crippen molar-refractivity contribution in [3.63, 3.8) is 0 Å². The summed E-state index contributed by atoms with van der Waals surface area (Å²) in [7, 11) is -3.71. The summed E-state index contributed by atoms with van der Waals surface area (Å²) in [5.41, 5.74) is 5.81. The molecule has 3 rings (SSSR count). The Morgan fingerprint density at radius 3 is 2.70 bits per heavy atom. The van der Waals surface area contributed by atoms with Crippen LogP contribution >= 0.6 is 0 Å². The molecule has 7 nitrogen and oxygen atoms in total. The molecule has 0 radical (unpaired) electrons. The smallest absolute Gasteiger partial charge is 0.263 e. The van der Waals surface area contributed by atoms with Gasteiger partial charge in [0.1, 0.15) is 10.7 Å². The highest BCUT2D eigenvalue weighted by atomic mass is 32.2. The standard InChI is InChI=1S/C12H11N3O4S/c13-12-4-2-9(6-14-12)20(16,17)15-8-1-3-10-11(5-8)19-7-18-10/h1-6,15H,7H2,(H2,13,14). The van der Waals surface area contributed by atoms with Crippen molar-refractivity contribution in [1.29, 1.82) is 0 Å². The number of pyridine rings is 1. The third-order valence-corrected chi connectivity index (χ3v) is 4.06. The minimum absolute atomic E-state index is 0.0318. The molecule has 1 aromatic heterocycles. The Hall–Kier alpha value is -2.48. The Morgan fingerprint density at radius 2 is 1.95 bits per heavy atom. The predicted octanol–water partition coefficient (Wildman–Crippen LogP) is 1.19. The van der Waals surface area contributed by atoms with E-state index in [9.17, 15) is 8.42 Å². The first-order chi connectivity index (χ1) is 9.54. The molecular formula is C12H11N3O4S. The lowest BCUT2D eigenvalue weighted by atomic mass is 10.3. The van der Waals surface area contributed by atoms with Gasteiger partial charge in [-0.1, -0.05) is 0 Å². The number of hydrogen-bond acceptors (Lipinski definition) is 6.